The summed E-state index contributed by atoms with van der Waals surface area (Å²) in [5.74, 6) is -0.222. The van der Waals surface area contributed by atoms with E-state index < -0.39 is 17.6 Å². The van der Waals surface area contributed by atoms with Gasteiger partial charge in [-0.25, -0.2) is 0 Å². The maximum absolute atomic E-state index is 12.2. The first kappa shape index (κ1) is 35.6. The van der Waals surface area contributed by atoms with Crippen molar-refractivity contribution in [1.29, 1.82) is 0 Å². The number of rotatable bonds is 26. The molecular formula is C24H53NO9Si2. The molecule has 12 heteroatoms. The van der Waals surface area contributed by atoms with Gasteiger partial charge in [-0.05, 0) is 67.5 Å². The molecule has 0 rings (SSSR count). The molecule has 0 heterocycles. The van der Waals surface area contributed by atoms with Crippen LogP contribution >= 0.6 is 0 Å². The Labute approximate surface area is 221 Å². The van der Waals surface area contributed by atoms with Crippen LogP contribution in [0.4, 0.5) is 0 Å². The van der Waals surface area contributed by atoms with Crippen LogP contribution in [0.2, 0.25) is 12.1 Å². The van der Waals surface area contributed by atoms with Crippen molar-refractivity contribution in [1.82, 2.24) is 4.90 Å². The van der Waals surface area contributed by atoms with E-state index in [4.69, 9.17) is 36.0 Å². The number of nitrogens with zero attached hydrogens (tertiary/aromatic N) is 1. The fourth-order valence-corrected chi connectivity index (χ4v) is 9.12. The van der Waals surface area contributed by atoms with Crippen LogP contribution in [0.25, 0.3) is 0 Å². The molecule has 0 amide bonds. The maximum atomic E-state index is 12.2. The van der Waals surface area contributed by atoms with Crippen molar-refractivity contribution in [2.45, 2.75) is 72.9 Å². The van der Waals surface area contributed by atoms with E-state index in [1.807, 2.05) is 41.5 Å². The average molecular weight is 556 g/mol. The predicted molar refractivity (Wildman–Crippen MR) is 144 cm³/mol. The lowest BCUT2D eigenvalue weighted by Crippen LogP contribution is -2.47. The molecule has 0 aromatic rings. The first-order valence-corrected chi connectivity index (χ1v) is 17.5. The number of carbonyl (C=O) groups is 1. The third-order valence-corrected chi connectivity index (χ3v) is 11.6. The van der Waals surface area contributed by atoms with Crippen molar-refractivity contribution in [3.63, 3.8) is 0 Å². The molecule has 216 valence electrons. The molecule has 0 aliphatic carbocycles. The van der Waals surface area contributed by atoms with Gasteiger partial charge < -0.3 is 40.9 Å². The molecule has 36 heavy (non-hydrogen) atoms. The monoisotopic (exact) mass is 555 g/mol. The third-order valence-electron chi connectivity index (χ3n) is 5.28. The van der Waals surface area contributed by atoms with E-state index in [9.17, 15) is 4.79 Å². The van der Waals surface area contributed by atoms with Crippen LogP contribution in [0.1, 0.15) is 60.8 Å². The highest BCUT2D eigenvalue weighted by molar-refractivity contribution is 6.61. The predicted octanol–water partition coefficient (Wildman–Crippen LogP) is 3.75. The molecule has 0 radical (unpaired) electrons. The highest BCUT2D eigenvalue weighted by Crippen LogP contribution is 2.21. The normalized spacial score (nSPS) is 12.4. The number of carbonyl (C=O) groups excluding carboxylic acids is 1. The van der Waals surface area contributed by atoms with Crippen molar-refractivity contribution in [3.8, 4) is 0 Å². The van der Waals surface area contributed by atoms with Gasteiger partial charge in [0.15, 0.2) is 0 Å². The molecular weight excluding hydrogens is 502 g/mol. The summed E-state index contributed by atoms with van der Waals surface area (Å²) in [6.45, 7) is 18.0. The van der Waals surface area contributed by atoms with Gasteiger partial charge in [-0.2, -0.15) is 0 Å². The van der Waals surface area contributed by atoms with Gasteiger partial charge in [-0.15, -0.1) is 0 Å². The van der Waals surface area contributed by atoms with Crippen molar-refractivity contribution in [2.24, 2.45) is 0 Å². The van der Waals surface area contributed by atoms with Gasteiger partial charge in [-0.3, -0.25) is 4.79 Å². The van der Waals surface area contributed by atoms with Gasteiger partial charge in [-0.1, -0.05) is 0 Å². The van der Waals surface area contributed by atoms with Gasteiger partial charge in [0.25, 0.3) is 0 Å². The van der Waals surface area contributed by atoms with Crippen LogP contribution in [0.3, 0.4) is 0 Å². The summed E-state index contributed by atoms with van der Waals surface area (Å²) < 4.78 is 46.2. The van der Waals surface area contributed by atoms with Gasteiger partial charge in [0.2, 0.25) is 0 Å². The molecule has 10 nitrogen and oxygen atoms in total. The second-order valence-electron chi connectivity index (χ2n) is 7.98. The summed E-state index contributed by atoms with van der Waals surface area (Å²) in [6, 6.07) is 1.46. The molecule has 0 saturated carbocycles. The van der Waals surface area contributed by atoms with Crippen LogP contribution in [-0.4, -0.2) is 108 Å². The first-order valence-electron chi connectivity index (χ1n) is 13.6. The largest absolute Gasteiger partial charge is 0.500 e. The van der Waals surface area contributed by atoms with Crippen LogP contribution in [0, 0.1) is 0 Å². The van der Waals surface area contributed by atoms with E-state index in [2.05, 4.69) is 4.90 Å². The Bertz CT molecular complexity index is 466. The van der Waals surface area contributed by atoms with E-state index in [1.165, 1.54) is 0 Å². The Balaban J connectivity index is 5.16. The summed E-state index contributed by atoms with van der Waals surface area (Å²) in [6.07, 6.45) is 2.01. The summed E-state index contributed by atoms with van der Waals surface area (Å²) in [7, 11) is -3.83. The van der Waals surface area contributed by atoms with Crippen LogP contribution < -0.4 is 0 Å². The van der Waals surface area contributed by atoms with Crippen LogP contribution in [-0.2, 0) is 40.8 Å². The first-order chi connectivity index (χ1) is 17.4. The van der Waals surface area contributed by atoms with Gasteiger partial charge in [0, 0.05) is 65.4 Å². The standard InChI is InChI=1S/C24H53NO9Si2/c1-8-29-35(30-9-2,31-10-3)22-14-17-25(19-16-24(26)28-21-20-27-7)18-15-23-36(32-11-4,33-12-5)34-13-6/h8-23H2,1-7H3. The Morgan fingerprint density at radius 1 is 0.611 bits per heavy atom. The lowest BCUT2D eigenvalue weighted by atomic mass is 10.3. The molecule has 0 atom stereocenters. The van der Waals surface area contributed by atoms with E-state index >= 15 is 0 Å². The maximum Gasteiger partial charge on any atom is 0.500 e. The molecule has 0 aromatic heterocycles. The number of hydrogen-bond donors (Lipinski definition) is 0. The lowest BCUT2D eigenvalue weighted by molar-refractivity contribution is -0.145. The highest BCUT2D eigenvalue weighted by atomic mass is 28.4. The second-order valence-corrected chi connectivity index (χ2v) is 13.4. The Morgan fingerprint density at radius 3 is 1.33 bits per heavy atom. The fourth-order valence-electron chi connectivity index (χ4n) is 3.94. The lowest BCUT2D eigenvalue weighted by Gasteiger charge is -2.31. The molecule has 0 saturated heterocycles. The van der Waals surface area contributed by atoms with Crippen molar-refractivity contribution in [3.05, 3.63) is 0 Å². The summed E-state index contributed by atoms with van der Waals surface area (Å²) in [5.41, 5.74) is 0. The topological polar surface area (TPSA) is 94.2 Å². The smallest absolute Gasteiger partial charge is 0.463 e. The van der Waals surface area contributed by atoms with Crippen LogP contribution in [0.5, 0.6) is 0 Å². The molecule has 0 N–H and O–H groups in total. The SMILES string of the molecule is CCO[Si](CCCN(CCC[Si](OCC)(OCC)OCC)CCC(=O)OCCOC)(OCC)OCC. The molecule has 0 unspecified atom stereocenters. The van der Waals surface area contributed by atoms with Gasteiger partial charge >= 0.3 is 23.6 Å². The quantitative estimate of drug-likeness (QED) is 0.0892. The van der Waals surface area contributed by atoms with Gasteiger partial charge in [0.1, 0.15) is 6.61 Å². The molecule has 0 aliphatic rings. The highest BCUT2D eigenvalue weighted by Gasteiger charge is 2.41. The van der Waals surface area contributed by atoms with E-state index in [0.717, 1.165) is 38.0 Å². The Kier molecular flexibility index (Phi) is 22.3. The van der Waals surface area contributed by atoms with Crippen molar-refractivity contribution < 1.29 is 40.8 Å². The third kappa shape index (κ3) is 15.7. The number of esters is 1. The number of ether oxygens (including phenoxy) is 2. The Hall–Kier alpha value is -0.416. The fraction of sp³-hybridized carbons (Fsp3) is 0.958. The molecule has 0 spiro atoms. The Morgan fingerprint density at radius 2 is 1.00 bits per heavy atom. The minimum atomic E-state index is -2.71. The van der Waals surface area contributed by atoms with E-state index in [1.54, 1.807) is 7.11 Å². The molecule has 0 aliphatic heterocycles. The zero-order chi connectivity index (χ0) is 27.1. The van der Waals surface area contributed by atoms with Crippen LogP contribution in [0.15, 0.2) is 0 Å². The van der Waals surface area contributed by atoms with E-state index in [-0.39, 0.29) is 12.6 Å². The second kappa shape index (κ2) is 22.6. The van der Waals surface area contributed by atoms with Crippen molar-refractivity contribution in [2.75, 3.05) is 79.6 Å². The minimum Gasteiger partial charge on any atom is -0.463 e. The summed E-state index contributed by atoms with van der Waals surface area (Å²) in [4.78, 5) is 14.5. The number of hydrogen-bond acceptors (Lipinski definition) is 10. The summed E-state index contributed by atoms with van der Waals surface area (Å²) >= 11 is 0. The summed E-state index contributed by atoms with van der Waals surface area (Å²) in [5, 5.41) is 0. The minimum absolute atomic E-state index is 0.222. The molecule has 0 fully saturated rings. The zero-order valence-corrected chi connectivity index (χ0v) is 25.9. The van der Waals surface area contributed by atoms with Crippen molar-refractivity contribution >= 4 is 23.6 Å². The molecule has 0 aromatic carbocycles. The van der Waals surface area contributed by atoms with E-state index in [0.29, 0.717) is 59.2 Å². The molecule has 0 bridgehead atoms. The number of methoxy groups -OCH3 is 1. The van der Waals surface area contributed by atoms with Gasteiger partial charge in [0.05, 0.1) is 13.0 Å². The average Bonchev–Trinajstić information content (AvgIpc) is 2.83. The zero-order valence-electron chi connectivity index (χ0n) is 23.9.